The zero-order valence-corrected chi connectivity index (χ0v) is 45.3. The molecule has 5 aromatic rings. The lowest BCUT2D eigenvalue weighted by Gasteiger charge is -2.46. The first-order valence-corrected chi connectivity index (χ1v) is 26.1. The van der Waals surface area contributed by atoms with E-state index in [-0.39, 0.29) is 55.3 Å². The topological polar surface area (TPSA) is 226 Å². The van der Waals surface area contributed by atoms with Crippen LogP contribution in [0.2, 0.25) is 0 Å². The Balaban J connectivity index is 1.36. The van der Waals surface area contributed by atoms with Crippen LogP contribution in [0.3, 0.4) is 0 Å². The zero-order valence-electron chi connectivity index (χ0n) is 45.3. The average Bonchev–Trinajstić information content (AvgIpc) is 4.01. The maximum absolute atomic E-state index is 17.1. The van der Waals surface area contributed by atoms with Crippen molar-refractivity contribution in [3.8, 4) is 29.1 Å². The van der Waals surface area contributed by atoms with Gasteiger partial charge in [-0.1, -0.05) is 98.5 Å². The fourth-order valence-corrected chi connectivity index (χ4v) is 11.8. The summed E-state index contributed by atoms with van der Waals surface area (Å²) in [5.74, 6) is -1.37. The maximum atomic E-state index is 17.1. The standard InChI is InChI=1S/C61H62N4O15/c1-35(2)49(57(70)78-7)62-60(73)64-45-25-24-36(16-14-23-43(55(68)76-5)56(69)77-6)30-44(45)61(59(64)72)48(54(67)63-27-26-39-32-46(74-3)47(75-4)33-41(39)34-63)51-58(71)80-52(38-19-12-9-13-20-38)50(37-17-10-8-11-18-37)65(51)53(61)40-21-15-22-42(31-40)79-29-28-66/h8-13,15,17-22,24-25,30-33,35,43,48-53,66H,23,26-29,34H2,1-7H3,(H,62,73). The van der Waals surface area contributed by atoms with Crippen LogP contribution >= 0.6 is 0 Å². The molecule has 2 saturated heterocycles. The molecule has 0 bridgehead atoms. The Labute approximate surface area is 462 Å². The van der Waals surface area contributed by atoms with Crippen molar-refractivity contribution in [3.05, 3.63) is 154 Å². The molecule has 4 aliphatic heterocycles. The normalized spacial score (nSPS) is 21.3. The summed E-state index contributed by atoms with van der Waals surface area (Å²) in [6, 6.07) is 27.4. The van der Waals surface area contributed by atoms with Crippen molar-refractivity contribution in [2.24, 2.45) is 17.8 Å². The Morgan fingerprint density at radius 2 is 1.39 bits per heavy atom. The number of anilines is 1. The Hall–Kier alpha value is -8.73. The first-order valence-electron chi connectivity index (χ1n) is 26.1. The Kier molecular flexibility index (Phi) is 16.6. The molecule has 2 N–H and O–H groups in total. The summed E-state index contributed by atoms with van der Waals surface area (Å²) in [4.78, 5) is 108. The van der Waals surface area contributed by atoms with Gasteiger partial charge in [0, 0.05) is 25.1 Å². The Morgan fingerprint density at radius 3 is 2.01 bits per heavy atom. The van der Waals surface area contributed by atoms with Gasteiger partial charge in [0.1, 0.15) is 36.0 Å². The van der Waals surface area contributed by atoms with Crippen LogP contribution in [0.1, 0.15) is 77.4 Å². The molecule has 4 aliphatic rings. The molecule has 80 heavy (non-hydrogen) atoms. The molecule has 0 aliphatic carbocycles. The predicted molar refractivity (Wildman–Crippen MR) is 288 cm³/mol. The van der Waals surface area contributed by atoms with Gasteiger partial charge < -0.3 is 48.5 Å². The molecule has 2 fully saturated rings. The number of amides is 4. The van der Waals surface area contributed by atoms with Crippen molar-refractivity contribution in [3.63, 3.8) is 0 Å². The van der Waals surface area contributed by atoms with Crippen LogP contribution in [0.25, 0.3) is 0 Å². The molecule has 4 heterocycles. The van der Waals surface area contributed by atoms with Gasteiger partial charge in [-0.15, -0.1) is 0 Å². The second-order valence-electron chi connectivity index (χ2n) is 20.1. The van der Waals surface area contributed by atoms with E-state index in [1.54, 1.807) is 55.1 Å². The van der Waals surface area contributed by atoms with E-state index in [0.29, 0.717) is 34.6 Å². The number of imide groups is 1. The minimum absolute atomic E-state index is 0.00723. The van der Waals surface area contributed by atoms with Gasteiger partial charge in [0.25, 0.3) is 0 Å². The molecular formula is C61H62N4O15. The van der Waals surface area contributed by atoms with E-state index >= 15 is 19.2 Å². The molecule has 0 radical (unpaired) electrons. The van der Waals surface area contributed by atoms with Crippen LogP contribution in [-0.4, -0.2) is 124 Å². The van der Waals surface area contributed by atoms with Gasteiger partial charge >= 0.3 is 29.9 Å². The van der Waals surface area contributed by atoms with Gasteiger partial charge in [-0.05, 0) is 88.2 Å². The minimum Gasteiger partial charge on any atom is -0.493 e. The molecule has 0 saturated carbocycles. The fourth-order valence-electron chi connectivity index (χ4n) is 11.8. The van der Waals surface area contributed by atoms with Gasteiger partial charge in [0.2, 0.25) is 11.8 Å². The molecule has 0 aromatic heterocycles. The number of hydrogen-bond acceptors (Lipinski definition) is 16. The highest BCUT2D eigenvalue weighted by molar-refractivity contribution is 6.25. The van der Waals surface area contributed by atoms with Crippen LogP contribution in [0.4, 0.5) is 10.5 Å². The van der Waals surface area contributed by atoms with E-state index in [1.807, 2.05) is 71.6 Å². The number of ether oxygens (including phenoxy) is 7. The number of cyclic esters (lactones) is 1. The van der Waals surface area contributed by atoms with Crippen molar-refractivity contribution in [1.82, 2.24) is 15.1 Å². The third-order valence-electron chi connectivity index (χ3n) is 15.4. The number of fused-ring (bicyclic) bond motifs is 4. The average molecular weight is 1090 g/mol. The number of hydrogen-bond donors (Lipinski definition) is 2. The van der Waals surface area contributed by atoms with E-state index in [0.717, 1.165) is 30.2 Å². The molecule has 7 atom stereocenters. The van der Waals surface area contributed by atoms with Crippen molar-refractivity contribution >= 4 is 47.4 Å². The summed E-state index contributed by atoms with van der Waals surface area (Å²) in [6.07, 6.45) is -1.03. The van der Waals surface area contributed by atoms with Gasteiger partial charge in [0.05, 0.1) is 65.8 Å². The van der Waals surface area contributed by atoms with E-state index in [4.69, 9.17) is 33.2 Å². The number of urea groups is 1. The third kappa shape index (κ3) is 10.0. The number of aliphatic hydroxyl groups is 1. The Morgan fingerprint density at radius 1 is 0.750 bits per heavy atom. The first-order chi connectivity index (χ1) is 38.7. The van der Waals surface area contributed by atoms with Crippen molar-refractivity contribution in [1.29, 1.82) is 0 Å². The number of nitrogens with one attached hydrogen (secondary N) is 1. The lowest BCUT2D eigenvalue weighted by Crippen LogP contribution is -2.58. The van der Waals surface area contributed by atoms with Crippen molar-refractivity contribution < 1.29 is 71.8 Å². The maximum Gasteiger partial charge on any atom is 0.329 e. The largest absolute Gasteiger partial charge is 0.493 e. The molecule has 4 amide bonds. The summed E-state index contributed by atoms with van der Waals surface area (Å²) in [6.45, 7) is 3.12. The summed E-state index contributed by atoms with van der Waals surface area (Å²) in [7, 11) is 6.48. The van der Waals surface area contributed by atoms with Crippen LogP contribution in [0, 0.1) is 29.6 Å². The number of carbonyl (C=O) groups is 7. The third-order valence-corrected chi connectivity index (χ3v) is 15.4. The number of methoxy groups -OCH3 is 5. The zero-order chi connectivity index (χ0) is 57.0. The highest BCUT2D eigenvalue weighted by atomic mass is 16.6. The molecule has 9 rings (SSSR count). The summed E-state index contributed by atoms with van der Waals surface area (Å²) < 4.78 is 39.0. The first kappa shape index (κ1) is 56.0. The molecule has 416 valence electrons. The molecule has 7 unspecified atom stereocenters. The van der Waals surface area contributed by atoms with E-state index in [1.165, 1.54) is 33.5 Å². The number of esters is 4. The number of aliphatic hydroxyl groups excluding tert-OH is 1. The molecule has 19 heteroatoms. The smallest absolute Gasteiger partial charge is 0.329 e. The second-order valence-corrected chi connectivity index (χ2v) is 20.1. The van der Waals surface area contributed by atoms with Gasteiger partial charge in [-0.2, -0.15) is 0 Å². The number of nitrogens with zero attached hydrogens (tertiary/aromatic N) is 3. The van der Waals surface area contributed by atoms with Crippen LogP contribution in [0.15, 0.2) is 115 Å². The van der Waals surface area contributed by atoms with Crippen LogP contribution in [-0.2, 0) is 66.1 Å². The van der Waals surface area contributed by atoms with E-state index < -0.39 is 95.2 Å². The van der Waals surface area contributed by atoms with E-state index in [9.17, 15) is 19.5 Å². The fraction of sp³-hybridized carbons (Fsp3) is 0.361. The summed E-state index contributed by atoms with van der Waals surface area (Å²) in [5.41, 5.74) is 1.36. The summed E-state index contributed by atoms with van der Waals surface area (Å²) in [5, 5.41) is 12.7. The second kappa shape index (κ2) is 23.7. The quantitative estimate of drug-likeness (QED) is 0.0536. The number of benzene rings is 5. The van der Waals surface area contributed by atoms with Crippen LogP contribution in [0.5, 0.6) is 17.2 Å². The van der Waals surface area contributed by atoms with Gasteiger partial charge in [0.15, 0.2) is 17.4 Å². The highest BCUT2D eigenvalue weighted by Gasteiger charge is 2.76. The number of morpholine rings is 1. The predicted octanol–water partition coefficient (Wildman–Crippen LogP) is 5.94. The molecular weight excluding hydrogens is 1030 g/mol. The molecule has 19 nitrogen and oxygen atoms in total. The van der Waals surface area contributed by atoms with Gasteiger partial charge in [-0.3, -0.25) is 28.9 Å². The van der Waals surface area contributed by atoms with Gasteiger partial charge in [-0.25, -0.2) is 14.5 Å². The van der Waals surface area contributed by atoms with Crippen molar-refractivity contribution in [2.75, 3.05) is 60.2 Å². The minimum atomic E-state index is -2.27. The lowest BCUT2D eigenvalue weighted by atomic mass is 9.64. The SMILES string of the molecule is COC(=O)C(CC#Cc1ccc2c(c1)C1(C(=O)N2C(=O)NC(C(=O)OC)C(C)C)C(C(=O)N2CCc3cc(OC)c(OC)cc3C2)C2C(=O)OC(c3ccccc3)C(c3ccccc3)N2C1c1cccc(OCCO)c1)C(=O)OC. The van der Waals surface area contributed by atoms with Crippen molar-refractivity contribution in [2.45, 2.75) is 68.9 Å². The molecule has 1 spiro atoms. The highest BCUT2D eigenvalue weighted by Crippen LogP contribution is 2.66. The lowest BCUT2D eigenvalue weighted by molar-refractivity contribution is -0.179. The monoisotopic (exact) mass is 1090 g/mol. The van der Waals surface area contributed by atoms with Crippen LogP contribution < -0.4 is 24.4 Å². The number of carbonyl (C=O) groups excluding carboxylic acids is 7. The Bertz CT molecular complexity index is 3250. The molecule has 5 aromatic carbocycles. The summed E-state index contributed by atoms with van der Waals surface area (Å²) >= 11 is 0. The van der Waals surface area contributed by atoms with E-state index in [2.05, 4.69) is 17.2 Å². The number of rotatable bonds is 15.